The quantitative estimate of drug-likeness (QED) is 0.584. The van der Waals surface area contributed by atoms with Crippen LogP contribution in [0.1, 0.15) is 17.4 Å². The van der Waals surface area contributed by atoms with Crippen LogP contribution in [0.5, 0.6) is 0 Å². The number of aryl methyl sites for hydroxylation is 1. The fourth-order valence-corrected chi connectivity index (χ4v) is 0.856. The third-order valence-corrected chi connectivity index (χ3v) is 1.45. The summed E-state index contributed by atoms with van der Waals surface area (Å²) >= 11 is 0. The van der Waals surface area contributed by atoms with Gasteiger partial charge in [-0.25, -0.2) is 4.98 Å². The van der Waals surface area contributed by atoms with Crippen LogP contribution in [0.15, 0.2) is 0 Å². The molecule has 1 atom stereocenters. The Kier molecular flexibility index (Phi) is 2.09. The second kappa shape index (κ2) is 2.90. The molecule has 4 N–H and O–H groups in total. The SMILES string of the molecule is Cc1[nH]c(F)nc1C(N)C(=O)O. The molecule has 0 fully saturated rings. The molecule has 6 heteroatoms. The highest BCUT2D eigenvalue weighted by Crippen LogP contribution is 2.11. The molecule has 1 aromatic heterocycles. The number of imidazole rings is 1. The molecule has 0 spiro atoms. The number of rotatable bonds is 2. The van der Waals surface area contributed by atoms with Crippen molar-refractivity contribution in [1.29, 1.82) is 0 Å². The number of aliphatic carboxylic acids is 1. The lowest BCUT2D eigenvalue weighted by molar-refractivity contribution is -0.138. The van der Waals surface area contributed by atoms with E-state index in [1.54, 1.807) is 0 Å². The van der Waals surface area contributed by atoms with Crippen LogP contribution < -0.4 is 5.73 Å². The normalized spacial score (nSPS) is 12.9. The zero-order valence-electron chi connectivity index (χ0n) is 6.34. The van der Waals surface area contributed by atoms with Crippen LogP contribution in [0.25, 0.3) is 0 Å². The predicted octanol–water partition coefficient (Wildman–Crippen LogP) is -0.0584. The smallest absolute Gasteiger partial charge is 0.326 e. The molecule has 0 aliphatic rings. The molecule has 1 heterocycles. The van der Waals surface area contributed by atoms with E-state index in [2.05, 4.69) is 9.97 Å². The van der Waals surface area contributed by atoms with Crippen molar-refractivity contribution in [2.24, 2.45) is 5.73 Å². The monoisotopic (exact) mass is 173 g/mol. The first-order chi connectivity index (χ1) is 5.52. The summed E-state index contributed by atoms with van der Waals surface area (Å²) in [6.07, 6.45) is -0.820. The van der Waals surface area contributed by atoms with Crippen LogP contribution in [-0.2, 0) is 4.79 Å². The summed E-state index contributed by atoms with van der Waals surface area (Å²) in [7, 11) is 0. The van der Waals surface area contributed by atoms with Crippen molar-refractivity contribution in [2.75, 3.05) is 0 Å². The number of halogens is 1. The lowest BCUT2D eigenvalue weighted by Gasteiger charge is -2.01. The fourth-order valence-electron chi connectivity index (χ4n) is 0.856. The molecule has 1 aromatic rings. The van der Waals surface area contributed by atoms with E-state index in [0.29, 0.717) is 5.69 Å². The van der Waals surface area contributed by atoms with Gasteiger partial charge in [-0.05, 0) is 6.92 Å². The summed E-state index contributed by atoms with van der Waals surface area (Å²) in [5.41, 5.74) is 5.57. The summed E-state index contributed by atoms with van der Waals surface area (Å²) in [5.74, 6) is -1.23. The molecule has 12 heavy (non-hydrogen) atoms. The van der Waals surface area contributed by atoms with Gasteiger partial charge in [0.1, 0.15) is 6.04 Å². The molecule has 0 aromatic carbocycles. The molecule has 66 valence electrons. The van der Waals surface area contributed by atoms with Crippen LogP contribution in [0.3, 0.4) is 0 Å². The third kappa shape index (κ3) is 1.42. The van der Waals surface area contributed by atoms with Gasteiger partial charge in [-0.1, -0.05) is 0 Å². The average Bonchev–Trinajstić information content (AvgIpc) is 2.28. The number of hydrogen-bond acceptors (Lipinski definition) is 3. The van der Waals surface area contributed by atoms with Crippen LogP contribution in [0, 0.1) is 13.0 Å². The molecular formula is C6H8FN3O2. The van der Waals surface area contributed by atoms with Crippen LogP contribution in [0.2, 0.25) is 0 Å². The Hall–Kier alpha value is -1.43. The summed E-state index contributed by atoms with van der Waals surface area (Å²) in [5, 5.41) is 8.47. The number of H-pyrrole nitrogens is 1. The van der Waals surface area contributed by atoms with Gasteiger partial charge in [-0.15, -0.1) is 0 Å². The number of nitrogens with zero attached hydrogens (tertiary/aromatic N) is 1. The van der Waals surface area contributed by atoms with Crippen molar-refractivity contribution in [2.45, 2.75) is 13.0 Å². The van der Waals surface area contributed by atoms with E-state index in [4.69, 9.17) is 10.8 Å². The Morgan fingerprint density at radius 3 is 2.75 bits per heavy atom. The van der Waals surface area contributed by atoms with E-state index >= 15 is 0 Å². The summed E-state index contributed by atoms with van der Waals surface area (Å²) < 4.78 is 12.4. The third-order valence-electron chi connectivity index (χ3n) is 1.45. The minimum absolute atomic E-state index is 0.0278. The first-order valence-electron chi connectivity index (χ1n) is 3.22. The topological polar surface area (TPSA) is 92.0 Å². The Morgan fingerprint density at radius 2 is 2.42 bits per heavy atom. The van der Waals surface area contributed by atoms with E-state index in [-0.39, 0.29) is 5.69 Å². The Morgan fingerprint density at radius 1 is 1.83 bits per heavy atom. The van der Waals surface area contributed by atoms with Crippen LogP contribution >= 0.6 is 0 Å². The van der Waals surface area contributed by atoms with Gasteiger partial charge in [0.05, 0.1) is 5.69 Å². The van der Waals surface area contributed by atoms with Crippen molar-refractivity contribution in [3.63, 3.8) is 0 Å². The molecule has 5 nitrogen and oxygen atoms in total. The zero-order valence-corrected chi connectivity index (χ0v) is 6.34. The molecule has 0 bridgehead atoms. The summed E-state index contributed by atoms with van der Waals surface area (Å²) in [6.45, 7) is 1.51. The van der Waals surface area contributed by atoms with Crippen molar-refractivity contribution < 1.29 is 14.3 Å². The van der Waals surface area contributed by atoms with Gasteiger partial charge in [0.15, 0.2) is 0 Å². The maximum Gasteiger partial charge on any atom is 0.326 e. The lowest BCUT2D eigenvalue weighted by atomic mass is 10.2. The maximum atomic E-state index is 12.4. The van der Waals surface area contributed by atoms with Crippen molar-refractivity contribution in [3.05, 3.63) is 17.5 Å². The van der Waals surface area contributed by atoms with E-state index < -0.39 is 18.1 Å². The largest absolute Gasteiger partial charge is 0.480 e. The van der Waals surface area contributed by atoms with Gasteiger partial charge in [-0.2, -0.15) is 4.39 Å². The van der Waals surface area contributed by atoms with Crippen molar-refractivity contribution in [3.8, 4) is 0 Å². The number of carboxylic acids is 1. The number of carboxylic acid groups (broad SMARTS) is 1. The number of nitrogens with one attached hydrogen (secondary N) is 1. The highest BCUT2D eigenvalue weighted by molar-refractivity contribution is 5.74. The highest BCUT2D eigenvalue weighted by atomic mass is 19.1. The molecule has 0 saturated heterocycles. The van der Waals surface area contributed by atoms with Gasteiger partial charge in [0.25, 0.3) is 6.08 Å². The summed E-state index contributed by atoms with van der Waals surface area (Å²) in [4.78, 5) is 15.9. The first kappa shape index (κ1) is 8.66. The number of hydrogen-bond donors (Lipinski definition) is 3. The molecule has 0 aliphatic heterocycles. The van der Waals surface area contributed by atoms with E-state index in [1.807, 2.05) is 0 Å². The molecule has 1 unspecified atom stereocenters. The molecule has 0 amide bonds. The highest BCUT2D eigenvalue weighted by Gasteiger charge is 2.20. The van der Waals surface area contributed by atoms with Gasteiger partial charge in [0, 0.05) is 5.69 Å². The summed E-state index contributed by atoms with van der Waals surface area (Å²) in [6, 6.07) is -1.27. The molecular weight excluding hydrogens is 165 g/mol. The number of aromatic amines is 1. The minimum Gasteiger partial charge on any atom is -0.480 e. The fraction of sp³-hybridized carbons (Fsp3) is 0.333. The molecule has 0 aliphatic carbocycles. The van der Waals surface area contributed by atoms with Crippen molar-refractivity contribution >= 4 is 5.97 Å². The average molecular weight is 173 g/mol. The van der Waals surface area contributed by atoms with E-state index in [1.165, 1.54) is 6.92 Å². The standard InChI is InChI=1S/C6H8FN3O2/c1-2-4(3(8)5(11)12)10-6(7)9-2/h3H,8H2,1H3,(H,9,10)(H,11,12). The molecule has 0 radical (unpaired) electrons. The minimum atomic E-state index is -1.27. The van der Waals surface area contributed by atoms with Crippen molar-refractivity contribution in [1.82, 2.24) is 9.97 Å². The van der Waals surface area contributed by atoms with Crippen LogP contribution in [0.4, 0.5) is 4.39 Å². The van der Waals surface area contributed by atoms with Gasteiger partial charge >= 0.3 is 5.97 Å². The number of aromatic nitrogens is 2. The first-order valence-corrected chi connectivity index (χ1v) is 3.22. The number of nitrogens with two attached hydrogens (primary N) is 1. The maximum absolute atomic E-state index is 12.4. The second-order valence-corrected chi connectivity index (χ2v) is 2.35. The molecule has 1 rings (SSSR count). The Labute approximate surface area is 67.4 Å². The zero-order chi connectivity index (χ0) is 9.30. The van der Waals surface area contributed by atoms with E-state index in [0.717, 1.165) is 0 Å². The Balaban J connectivity index is 3.02. The lowest BCUT2D eigenvalue weighted by Crippen LogP contribution is -2.21. The van der Waals surface area contributed by atoms with Crippen LogP contribution in [-0.4, -0.2) is 21.0 Å². The molecule has 0 saturated carbocycles. The van der Waals surface area contributed by atoms with E-state index in [9.17, 15) is 9.18 Å². The second-order valence-electron chi connectivity index (χ2n) is 2.35. The van der Waals surface area contributed by atoms with Gasteiger partial charge < -0.3 is 15.8 Å². The number of carbonyl (C=O) groups is 1. The predicted molar refractivity (Wildman–Crippen MR) is 37.8 cm³/mol. The Bertz CT molecular complexity index is 310. The van der Waals surface area contributed by atoms with Gasteiger partial charge in [-0.3, -0.25) is 4.79 Å². The van der Waals surface area contributed by atoms with Gasteiger partial charge in [0.2, 0.25) is 0 Å².